The van der Waals surface area contributed by atoms with Crippen LogP contribution in [0.15, 0.2) is 24.3 Å². The SMILES string of the molecule is CC[C@H](C(=O)OC)c1ccc(C(C)(C)C)cc1. The molecule has 0 unspecified atom stereocenters. The summed E-state index contributed by atoms with van der Waals surface area (Å²) in [5.41, 5.74) is 2.46. The Labute approximate surface area is 104 Å². The molecule has 0 aliphatic rings. The van der Waals surface area contributed by atoms with E-state index in [1.54, 1.807) is 0 Å². The predicted molar refractivity (Wildman–Crippen MR) is 70.2 cm³/mol. The zero-order chi connectivity index (χ0) is 13.1. The smallest absolute Gasteiger partial charge is 0.313 e. The van der Waals surface area contributed by atoms with Crippen molar-refractivity contribution in [1.29, 1.82) is 0 Å². The van der Waals surface area contributed by atoms with Crippen molar-refractivity contribution >= 4 is 5.97 Å². The lowest BCUT2D eigenvalue weighted by molar-refractivity contribution is -0.142. The zero-order valence-electron chi connectivity index (χ0n) is 11.4. The number of carbonyl (C=O) groups is 1. The second-order valence-electron chi connectivity index (χ2n) is 5.36. The van der Waals surface area contributed by atoms with E-state index in [1.165, 1.54) is 12.7 Å². The number of benzene rings is 1. The van der Waals surface area contributed by atoms with Gasteiger partial charge in [-0.25, -0.2) is 0 Å². The zero-order valence-corrected chi connectivity index (χ0v) is 11.4. The summed E-state index contributed by atoms with van der Waals surface area (Å²) in [4.78, 5) is 11.6. The van der Waals surface area contributed by atoms with Crippen LogP contribution >= 0.6 is 0 Å². The van der Waals surface area contributed by atoms with Crippen LogP contribution in [-0.2, 0) is 14.9 Å². The maximum absolute atomic E-state index is 11.6. The van der Waals surface area contributed by atoms with Crippen LogP contribution in [-0.4, -0.2) is 13.1 Å². The maximum Gasteiger partial charge on any atom is 0.313 e. The van der Waals surface area contributed by atoms with E-state index in [0.29, 0.717) is 0 Å². The van der Waals surface area contributed by atoms with Crippen molar-refractivity contribution in [2.24, 2.45) is 0 Å². The van der Waals surface area contributed by atoms with Crippen molar-refractivity contribution in [2.45, 2.75) is 45.4 Å². The quantitative estimate of drug-likeness (QED) is 0.746. The highest BCUT2D eigenvalue weighted by Gasteiger charge is 2.20. The van der Waals surface area contributed by atoms with Gasteiger partial charge in [-0.15, -0.1) is 0 Å². The van der Waals surface area contributed by atoms with Crippen molar-refractivity contribution in [3.8, 4) is 0 Å². The summed E-state index contributed by atoms with van der Waals surface area (Å²) in [5, 5.41) is 0. The lowest BCUT2D eigenvalue weighted by atomic mass is 9.85. The third-order valence-corrected chi connectivity index (χ3v) is 3.07. The molecule has 0 fully saturated rings. The van der Waals surface area contributed by atoms with Gasteiger partial charge in [-0.3, -0.25) is 4.79 Å². The summed E-state index contributed by atoms with van der Waals surface area (Å²) in [6.45, 7) is 8.54. The fourth-order valence-electron chi connectivity index (χ4n) is 1.90. The van der Waals surface area contributed by atoms with Crippen LogP contribution in [0.1, 0.15) is 51.2 Å². The molecule has 2 heteroatoms. The molecule has 1 rings (SSSR count). The van der Waals surface area contributed by atoms with Crippen LogP contribution in [0.2, 0.25) is 0 Å². The molecule has 0 bridgehead atoms. The van der Waals surface area contributed by atoms with E-state index in [0.717, 1.165) is 12.0 Å². The second kappa shape index (κ2) is 5.35. The van der Waals surface area contributed by atoms with Crippen molar-refractivity contribution in [2.75, 3.05) is 7.11 Å². The molecule has 17 heavy (non-hydrogen) atoms. The van der Waals surface area contributed by atoms with Gasteiger partial charge in [0.15, 0.2) is 0 Å². The lowest BCUT2D eigenvalue weighted by Crippen LogP contribution is -2.15. The minimum Gasteiger partial charge on any atom is -0.469 e. The Kier molecular flexibility index (Phi) is 4.33. The Hall–Kier alpha value is -1.31. The predicted octanol–water partition coefficient (Wildman–Crippen LogP) is 3.65. The van der Waals surface area contributed by atoms with Gasteiger partial charge in [-0.1, -0.05) is 52.0 Å². The van der Waals surface area contributed by atoms with Gasteiger partial charge in [0.1, 0.15) is 0 Å². The van der Waals surface area contributed by atoms with Crippen LogP contribution in [0.3, 0.4) is 0 Å². The number of esters is 1. The van der Waals surface area contributed by atoms with Crippen LogP contribution in [0.5, 0.6) is 0 Å². The molecule has 0 spiro atoms. The molecule has 0 heterocycles. The highest BCUT2D eigenvalue weighted by atomic mass is 16.5. The summed E-state index contributed by atoms with van der Waals surface area (Å²) in [6.07, 6.45) is 0.765. The first-order valence-corrected chi connectivity index (χ1v) is 6.08. The van der Waals surface area contributed by atoms with E-state index in [-0.39, 0.29) is 17.3 Å². The second-order valence-corrected chi connectivity index (χ2v) is 5.36. The Bertz CT molecular complexity index is 371. The summed E-state index contributed by atoms with van der Waals surface area (Å²) in [5.74, 6) is -0.301. The third-order valence-electron chi connectivity index (χ3n) is 3.07. The molecular formula is C15H22O2. The Morgan fingerprint density at radius 2 is 1.76 bits per heavy atom. The number of carbonyl (C=O) groups excluding carboxylic acids is 1. The highest BCUT2D eigenvalue weighted by Crippen LogP contribution is 2.26. The summed E-state index contributed by atoms with van der Waals surface area (Å²) >= 11 is 0. The van der Waals surface area contributed by atoms with E-state index in [4.69, 9.17) is 4.74 Å². The van der Waals surface area contributed by atoms with E-state index in [1.807, 2.05) is 19.1 Å². The average molecular weight is 234 g/mol. The van der Waals surface area contributed by atoms with Gasteiger partial charge >= 0.3 is 5.97 Å². The molecule has 0 aromatic heterocycles. The van der Waals surface area contributed by atoms with Gasteiger partial charge in [-0.05, 0) is 23.0 Å². The van der Waals surface area contributed by atoms with Crippen molar-refractivity contribution in [1.82, 2.24) is 0 Å². The molecule has 94 valence electrons. The highest BCUT2D eigenvalue weighted by molar-refractivity contribution is 5.77. The van der Waals surface area contributed by atoms with E-state index in [9.17, 15) is 4.79 Å². The molecule has 1 aromatic carbocycles. The molecule has 0 amide bonds. The number of rotatable bonds is 3. The Balaban J connectivity index is 2.97. The minimum absolute atomic E-state index is 0.144. The summed E-state index contributed by atoms with van der Waals surface area (Å²) in [6, 6.07) is 8.26. The van der Waals surface area contributed by atoms with Gasteiger partial charge in [0, 0.05) is 0 Å². The molecule has 1 atom stereocenters. The first-order valence-electron chi connectivity index (χ1n) is 6.08. The van der Waals surface area contributed by atoms with Crippen molar-refractivity contribution < 1.29 is 9.53 Å². The maximum atomic E-state index is 11.6. The molecule has 1 aromatic rings. The van der Waals surface area contributed by atoms with Gasteiger partial charge < -0.3 is 4.74 Å². The fraction of sp³-hybridized carbons (Fsp3) is 0.533. The van der Waals surface area contributed by atoms with Crippen molar-refractivity contribution in [3.05, 3.63) is 35.4 Å². The normalized spacial score (nSPS) is 13.2. The molecule has 0 saturated carbocycles. The molecule has 2 nitrogen and oxygen atoms in total. The van der Waals surface area contributed by atoms with Gasteiger partial charge in [0.2, 0.25) is 0 Å². The van der Waals surface area contributed by atoms with Crippen LogP contribution in [0.25, 0.3) is 0 Å². The molecule has 0 aliphatic carbocycles. The summed E-state index contributed by atoms with van der Waals surface area (Å²) in [7, 11) is 1.44. The largest absolute Gasteiger partial charge is 0.469 e. The first kappa shape index (κ1) is 13.8. The third kappa shape index (κ3) is 3.32. The first-order chi connectivity index (χ1) is 7.90. The average Bonchev–Trinajstić information content (AvgIpc) is 2.29. The number of hydrogen-bond donors (Lipinski definition) is 0. The van der Waals surface area contributed by atoms with Crippen LogP contribution in [0, 0.1) is 0 Å². The number of methoxy groups -OCH3 is 1. The van der Waals surface area contributed by atoms with E-state index >= 15 is 0 Å². The Morgan fingerprint density at radius 3 is 2.12 bits per heavy atom. The van der Waals surface area contributed by atoms with E-state index < -0.39 is 0 Å². The molecule has 0 N–H and O–H groups in total. The fourth-order valence-corrected chi connectivity index (χ4v) is 1.90. The molecule has 0 aliphatic heterocycles. The number of ether oxygens (including phenoxy) is 1. The monoisotopic (exact) mass is 234 g/mol. The molecule has 0 radical (unpaired) electrons. The van der Waals surface area contributed by atoms with E-state index in [2.05, 4.69) is 32.9 Å². The standard InChI is InChI=1S/C15H22O2/c1-6-13(14(16)17-5)11-7-9-12(10-8-11)15(2,3)4/h7-10,13H,6H2,1-5H3/t13-/m0/s1. The van der Waals surface area contributed by atoms with Crippen molar-refractivity contribution in [3.63, 3.8) is 0 Å². The minimum atomic E-state index is -0.156. The van der Waals surface area contributed by atoms with Gasteiger partial charge in [0.05, 0.1) is 13.0 Å². The Morgan fingerprint density at radius 1 is 1.24 bits per heavy atom. The topological polar surface area (TPSA) is 26.3 Å². The van der Waals surface area contributed by atoms with Gasteiger partial charge in [0.25, 0.3) is 0 Å². The molecular weight excluding hydrogens is 212 g/mol. The van der Waals surface area contributed by atoms with Gasteiger partial charge in [-0.2, -0.15) is 0 Å². The number of hydrogen-bond acceptors (Lipinski definition) is 2. The molecule has 0 saturated heterocycles. The van der Waals surface area contributed by atoms with Crippen LogP contribution in [0.4, 0.5) is 0 Å². The summed E-state index contributed by atoms with van der Waals surface area (Å²) < 4.78 is 4.82. The van der Waals surface area contributed by atoms with Crippen LogP contribution < -0.4 is 0 Å². The lowest BCUT2D eigenvalue weighted by Gasteiger charge is -2.20.